The largest absolute Gasteiger partial charge is 0.462 e. The molecule has 30 heavy (non-hydrogen) atoms. The molecule has 2 aromatic carbocycles. The van der Waals surface area contributed by atoms with Crippen molar-refractivity contribution < 1.29 is 22.7 Å². The van der Waals surface area contributed by atoms with Crippen LogP contribution in [0.4, 0.5) is 10.8 Å². The second-order valence-electron chi connectivity index (χ2n) is 6.06. The Hall–Kier alpha value is -3.31. The number of ether oxygens (including phenoxy) is 1. The molecular formula is C19H18N4O5S2. The van der Waals surface area contributed by atoms with E-state index in [9.17, 15) is 18.0 Å². The third kappa shape index (κ3) is 4.99. The molecule has 9 nitrogen and oxygen atoms in total. The lowest BCUT2D eigenvalue weighted by atomic mass is 10.1. The molecule has 1 heterocycles. The molecule has 0 radical (unpaired) electrons. The molecule has 0 aliphatic carbocycles. The van der Waals surface area contributed by atoms with Gasteiger partial charge in [0.1, 0.15) is 0 Å². The van der Waals surface area contributed by atoms with Crippen LogP contribution in [-0.4, -0.2) is 37.1 Å². The smallest absolute Gasteiger partial charge is 0.340 e. The van der Waals surface area contributed by atoms with E-state index < -0.39 is 21.9 Å². The minimum atomic E-state index is -4.13. The first kappa shape index (κ1) is 21.4. The molecule has 3 rings (SSSR count). The molecule has 0 fully saturated rings. The van der Waals surface area contributed by atoms with Crippen molar-refractivity contribution in [1.82, 2.24) is 10.2 Å². The van der Waals surface area contributed by atoms with Gasteiger partial charge in [0, 0.05) is 5.56 Å². The highest BCUT2D eigenvalue weighted by atomic mass is 32.2. The highest BCUT2D eigenvalue weighted by Crippen LogP contribution is 2.25. The number of anilines is 2. The number of nitrogens with zero attached hydrogens (tertiary/aromatic N) is 2. The first-order valence-corrected chi connectivity index (χ1v) is 11.1. The van der Waals surface area contributed by atoms with Gasteiger partial charge in [-0.25, -0.2) is 4.79 Å². The highest BCUT2D eigenvalue weighted by molar-refractivity contribution is 7.94. The number of hydrogen-bond donors (Lipinski definition) is 2. The Labute approximate surface area is 177 Å². The van der Waals surface area contributed by atoms with Crippen molar-refractivity contribution >= 4 is 44.1 Å². The van der Waals surface area contributed by atoms with Crippen LogP contribution in [0.25, 0.3) is 0 Å². The number of carbonyl (C=O) groups excluding carboxylic acids is 2. The van der Waals surface area contributed by atoms with Gasteiger partial charge in [0.25, 0.3) is 20.3 Å². The summed E-state index contributed by atoms with van der Waals surface area (Å²) < 4.78 is 32.2. The molecule has 156 valence electrons. The quantitative estimate of drug-likeness (QED) is 0.422. The molecule has 3 aromatic rings. The summed E-state index contributed by atoms with van der Waals surface area (Å²) in [5.74, 6) is -1.09. The minimum Gasteiger partial charge on any atom is -0.462 e. The number of rotatable bonds is 7. The SMILES string of the molecule is CCOC(=O)c1ccccc1NS(=O)(=O)c1nnc(NC(=O)c2ccc(C)cc2)s1. The molecule has 0 atom stereocenters. The van der Waals surface area contributed by atoms with Crippen molar-refractivity contribution in [2.75, 3.05) is 16.6 Å². The third-order valence-corrected chi connectivity index (χ3v) is 6.41. The summed E-state index contributed by atoms with van der Waals surface area (Å²) in [5, 5.41) is 9.91. The number of sulfonamides is 1. The van der Waals surface area contributed by atoms with Crippen LogP contribution in [0.1, 0.15) is 33.2 Å². The summed E-state index contributed by atoms with van der Waals surface area (Å²) in [4.78, 5) is 24.3. The van der Waals surface area contributed by atoms with E-state index in [4.69, 9.17) is 4.74 Å². The van der Waals surface area contributed by atoms with Crippen LogP contribution in [0, 0.1) is 6.92 Å². The fraction of sp³-hybridized carbons (Fsp3) is 0.158. The first-order valence-electron chi connectivity index (χ1n) is 8.80. The van der Waals surface area contributed by atoms with Crippen molar-refractivity contribution in [2.45, 2.75) is 18.2 Å². The average Bonchev–Trinajstić information content (AvgIpc) is 3.18. The van der Waals surface area contributed by atoms with E-state index in [2.05, 4.69) is 20.2 Å². The Balaban J connectivity index is 1.77. The number of aromatic nitrogens is 2. The maximum atomic E-state index is 12.7. The lowest BCUT2D eigenvalue weighted by molar-refractivity contribution is 0.0527. The molecule has 0 aliphatic rings. The predicted molar refractivity (Wildman–Crippen MR) is 112 cm³/mol. The van der Waals surface area contributed by atoms with Gasteiger partial charge >= 0.3 is 5.97 Å². The van der Waals surface area contributed by atoms with Gasteiger partial charge in [-0.05, 0) is 38.1 Å². The van der Waals surface area contributed by atoms with Gasteiger partial charge in [-0.15, -0.1) is 10.2 Å². The molecule has 0 saturated heterocycles. The standard InChI is InChI=1S/C19H18N4O5S2/c1-3-28-17(25)14-6-4-5-7-15(14)23-30(26,27)19-22-21-18(29-19)20-16(24)13-10-8-12(2)9-11-13/h4-11,23H,3H2,1-2H3,(H,20,21,24). The lowest BCUT2D eigenvalue weighted by Gasteiger charge is -2.10. The van der Waals surface area contributed by atoms with Crippen molar-refractivity contribution in [1.29, 1.82) is 0 Å². The molecule has 2 N–H and O–H groups in total. The van der Waals surface area contributed by atoms with E-state index in [-0.39, 0.29) is 27.3 Å². The summed E-state index contributed by atoms with van der Waals surface area (Å²) in [6.07, 6.45) is 0. The number of amides is 1. The normalized spacial score (nSPS) is 11.0. The fourth-order valence-corrected chi connectivity index (χ4v) is 4.37. The van der Waals surface area contributed by atoms with Crippen molar-refractivity contribution in [3.63, 3.8) is 0 Å². The van der Waals surface area contributed by atoms with E-state index in [1.165, 1.54) is 12.1 Å². The van der Waals surface area contributed by atoms with Gasteiger partial charge in [-0.2, -0.15) is 8.42 Å². The topological polar surface area (TPSA) is 127 Å². The Kier molecular flexibility index (Phi) is 6.43. The molecule has 0 unspecified atom stereocenters. The zero-order chi connectivity index (χ0) is 21.7. The monoisotopic (exact) mass is 446 g/mol. The Morgan fingerprint density at radius 3 is 2.47 bits per heavy atom. The maximum absolute atomic E-state index is 12.7. The van der Waals surface area contributed by atoms with Crippen LogP contribution in [0.2, 0.25) is 0 Å². The Morgan fingerprint density at radius 2 is 1.77 bits per heavy atom. The molecule has 0 saturated carbocycles. The number of para-hydroxylation sites is 1. The van der Waals surface area contributed by atoms with E-state index >= 15 is 0 Å². The zero-order valence-corrected chi connectivity index (χ0v) is 17.7. The van der Waals surface area contributed by atoms with Gasteiger partial charge in [0.05, 0.1) is 17.9 Å². The molecule has 11 heteroatoms. The lowest BCUT2D eigenvalue weighted by Crippen LogP contribution is -2.16. The molecule has 1 aromatic heterocycles. The molecule has 0 spiro atoms. The number of aryl methyl sites for hydroxylation is 1. The van der Waals surface area contributed by atoms with Gasteiger partial charge in [-0.3, -0.25) is 14.8 Å². The van der Waals surface area contributed by atoms with Gasteiger partial charge in [-0.1, -0.05) is 41.2 Å². The minimum absolute atomic E-state index is 0.0274. The second kappa shape index (κ2) is 9.01. The molecular weight excluding hydrogens is 428 g/mol. The van der Waals surface area contributed by atoms with Crippen LogP contribution in [0.5, 0.6) is 0 Å². The summed E-state index contributed by atoms with van der Waals surface area (Å²) in [6, 6.07) is 12.9. The molecule has 0 aliphatic heterocycles. The van der Waals surface area contributed by atoms with Crippen molar-refractivity contribution in [3.05, 3.63) is 65.2 Å². The number of carbonyl (C=O) groups is 2. The fourth-order valence-electron chi connectivity index (χ4n) is 2.39. The van der Waals surface area contributed by atoms with Crippen LogP contribution in [-0.2, 0) is 14.8 Å². The van der Waals surface area contributed by atoms with Gasteiger partial charge in [0.15, 0.2) is 0 Å². The van der Waals surface area contributed by atoms with Gasteiger partial charge in [0.2, 0.25) is 5.13 Å². The van der Waals surface area contributed by atoms with Crippen LogP contribution < -0.4 is 10.0 Å². The average molecular weight is 447 g/mol. The van der Waals surface area contributed by atoms with E-state index in [0.29, 0.717) is 16.9 Å². The number of esters is 1. The second-order valence-corrected chi connectivity index (χ2v) is 8.90. The zero-order valence-electron chi connectivity index (χ0n) is 16.1. The summed E-state index contributed by atoms with van der Waals surface area (Å²) in [6.45, 7) is 3.70. The Morgan fingerprint density at radius 1 is 1.07 bits per heavy atom. The molecule has 1 amide bonds. The maximum Gasteiger partial charge on any atom is 0.340 e. The number of hydrogen-bond acceptors (Lipinski definition) is 8. The van der Waals surface area contributed by atoms with Crippen molar-refractivity contribution in [2.24, 2.45) is 0 Å². The van der Waals surface area contributed by atoms with Gasteiger partial charge < -0.3 is 4.74 Å². The predicted octanol–water partition coefficient (Wildman–Crippen LogP) is 3.08. The van der Waals surface area contributed by atoms with Crippen LogP contribution in [0.15, 0.2) is 52.9 Å². The summed E-state index contributed by atoms with van der Waals surface area (Å²) in [5.41, 5.74) is 1.53. The number of nitrogens with one attached hydrogen (secondary N) is 2. The van der Waals surface area contributed by atoms with E-state index in [1.807, 2.05) is 6.92 Å². The Bertz CT molecular complexity index is 1170. The van der Waals surface area contributed by atoms with Crippen LogP contribution in [0.3, 0.4) is 0 Å². The summed E-state index contributed by atoms with van der Waals surface area (Å²) >= 11 is 0.689. The number of benzene rings is 2. The first-order chi connectivity index (χ1) is 14.3. The van der Waals surface area contributed by atoms with E-state index in [0.717, 1.165) is 5.56 Å². The van der Waals surface area contributed by atoms with Crippen molar-refractivity contribution in [3.8, 4) is 0 Å². The third-order valence-electron chi connectivity index (χ3n) is 3.84. The summed E-state index contributed by atoms with van der Waals surface area (Å²) in [7, 11) is -4.13. The van der Waals surface area contributed by atoms with E-state index in [1.54, 1.807) is 43.3 Å². The van der Waals surface area contributed by atoms with Crippen LogP contribution >= 0.6 is 11.3 Å². The highest BCUT2D eigenvalue weighted by Gasteiger charge is 2.24. The molecule has 0 bridgehead atoms.